The monoisotopic (exact) mass is 269 g/mol. The van der Waals surface area contributed by atoms with Crippen molar-refractivity contribution in [2.24, 2.45) is 0 Å². The molecule has 2 rings (SSSR count). The van der Waals surface area contributed by atoms with Crippen LogP contribution in [-0.2, 0) is 11.2 Å². The van der Waals surface area contributed by atoms with Gasteiger partial charge in [0, 0.05) is 4.47 Å². The number of carbonyl (C=O) groups is 1. The molecule has 4 heteroatoms. The van der Waals surface area contributed by atoms with Gasteiger partial charge in [-0.1, -0.05) is 28.1 Å². The second kappa shape index (κ2) is 4.66. The SMILES string of the molecule is O=C1NCC(CCc2ccc(Br)cc2)O1. The van der Waals surface area contributed by atoms with Crippen LogP contribution in [0.25, 0.3) is 0 Å². The molecule has 80 valence electrons. The first kappa shape index (κ1) is 10.5. The first-order valence-electron chi connectivity index (χ1n) is 4.93. The van der Waals surface area contributed by atoms with Crippen molar-refractivity contribution in [3.63, 3.8) is 0 Å². The highest BCUT2D eigenvalue weighted by molar-refractivity contribution is 9.10. The quantitative estimate of drug-likeness (QED) is 0.916. The minimum atomic E-state index is -0.296. The van der Waals surface area contributed by atoms with Crippen molar-refractivity contribution in [1.82, 2.24) is 5.32 Å². The Kier molecular flexibility index (Phi) is 3.26. The number of aryl methyl sites for hydroxylation is 1. The van der Waals surface area contributed by atoms with E-state index in [2.05, 4.69) is 33.4 Å². The van der Waals surface area contributed by atoms with Crippen LogP contribution in [0.5, 0.6) is 0 Å². The zero-order valence-electron chi connectivity index (χ0n) is 8.20. The van der Waals surface area contributed by atoms with Gasteiger partial charge in [0.25, 0.3) is 0 Å². The molecule has 1 unspecified atom stereocenters. The van der Waals surface area contributed by atoms with Crippen LogP contribution >= 0.6 is 15.9 Å². The van der Waals surface area contributed by atoms with Crippen molar-refractivity contribution in [1.29, 1.82) is 0 Å². The largest absolute Gasteiger partial charge is 0.444 e. The summed E-state index contributed by atoms with van der Waals surface area (Å²) in [6, 6.07) is 8.20. The second-order valence-corrected chi connectivity index (χ2v) is 4.49. The molecule has 1 heterocycles. The fourth-order valence-electron chi connectivity index (χ4n) is 1.57. The highest BCUT2D eigenvalue weighted by Crippen LogP contribution is 2.14. The molecule has 1 aliphatic heterocycles. The summed E-state index contributed by atoms with van der Waals surface area (Å²) in [6.07, 6.45) is 1.55. The van der Waals surface area contributed by atoms with Crippen LogP contribution in [0, 0.1) is 0 Å². The maximum Gasteiger partial charge on any atom is 0.407 e. The highest BCUT2D eigenvalue weighted by Gasteiger charge is 2.21. The van der Waals surface area contributed by atoms with Crippen molar-refractivity contribution >= 4 is 22.0 Å². The summed E-state index contributed by atoms with van der Waals surface area (Å²) in [6.45, 7) is 0.634. The predicted octanol–water partition coefficient (Wildman–Crippen LogP) is 2.49. The predicted molar refractivity (Wildman–Crippen MR) is 60.7 cm³/mol. The lowest BCUT2D eigenvalue weighted by Crippen LogP contribution is -2.15. The lowest BCUT2D eigenvalue weighted by molar-refractivity contribution is 0.136. The molecule has 1 fully saturated rings. The summed E-state index contributed by atoms with van der Waals surface area (Å²) < 4.78 is 6.13. The molecule has 0 aromatic heterocycles. The van der Waals surface area contributed by atoms with Crippen LogP contribution in [0.15, 0.2) is 28.7 Å². The summed E-state index contributed by atoms with van der Waals surface area (Å²) >= 11 is 3.39. The number of hydrogen-bond acceptors (Lipinski definition) is 2. The van der Waals surface area contributed by atoms with E-state index in [9.17, 15) is 4.79 Å². The summed E-state index contributed by atoms with van der Waals surface area (Å²) in [5.41, 5.74) is 1.26. The molecule has 3 nitrogen and oxygen atoms in total. The average Bonchev–Trinajstić information content (AvgIpc) is 2.64. The van der Waals surface area contributed by atoms with Crippen molar-refractivity contribution < 1.29 is 9.53 Å². The van der Waals surface area contributed by atoms with Gasteiger partial charge in [0.05, 0.1) is 6.54 Å². The van der Waals surface area contributed by atoms with E-state index in [1.54, 1.807) is 0 Å². The molecule has 0 radical (unpaired) electrons. The molecule has 1 amide bonds. The third-order valence-electron chi connectivity index (χ3n) is 2.42. The smallest absolute Gasteiger partial charge is 0.407 e. The molecule has 0 saturated carbocycles. The van der Waals surface area contributed by atoms with Crippen molar-refractivity contribution in [2.75, 3.05) is 6.54 Å². The summed E-state index contributed by atoms with van der Waals surface area (Å²) in [5.74, 6) is 0. The van der Waals surface area contributed by atoms with Gasteiger partial charge in [0.2, 0.25) is 0 Å². The number of hydrogen-bond donors (Lipinski definition) is 1. The molecule has 15 heavy (non-hydrogen) atoms. The number of ether oxygens (including phenoxy) is 1. The van der Waals surface area contributed by atoms with E-state index >= 15 is 0 Å². The minimum Gasteiger partial charge on any atom is -0.444 e. The molecular weight excluding hydrogens is 258 g/mol. The Bertz CT molecular complexity index is 350. The Balaban J connectivity index is 1.83. The molecular formula is C11H12BrNO2. The van der Waals surface area contributed by atoms with Crippen LogP contribution in [0.4, 0.5) is 4.79 Å². The lowest BCUT2D eigenvalue weighted by atomic mass is 10.1. The number of alkyl carbamates (subject to hydrolysis) is 1. The first-order valence-corrected chi connectivity index (χ1v) is 5.72. The van der Waals surface area contributed by atoms with Gasteiger partial charge in [-0.15, -0.1) is 0 Å². The van der Waals surface area contributed by atoms with Crippen molar-refractivity contribution in [3.05, 3.63) is 34.3 Å². The lowest BCUT2D eigenvalue weighted by Gasteiger charge is -2.07. The molecule has 0 bridgehead atoms. The number of carbonyl (C=O) groups excluding carboxylic acids is 1. The molecule has 1 aromatic carbocycles. The molecule has 1 atom stereocenters. The van der Waals surface area contributed by atoms with Gasteiger partial charge in [-0.05, 0) is 30.5 Å². The van der Waals surface area contributed by atoms with E-state index < -0.39 is 0 Å². The van der Waals surface area contributed by atoms with E-state index in [4.69, 9.17) is 4.74 Å². The summed E-state index contributed by atoms with van der Waals surface area (Å²) in [5, 5.41) is 2.65. The third kappa shape index (κ3) is 2.96. The fourth-order valence-corrected chi connectivity index (χ4v) is 1.84. The maximum absolute atomic E-state index is 10.8. The van der Waals surface area contributed by atoms with E-state index in [1.807, 2.05) is 12.1 Å². The normalized spacial score (nSPS) is 19.8. The molecule has 1 N–H and O–H groups in total. The van der Waals surface area contributed by atoms with Gasteiger partial charge in [-0.25, -0.2) is 4.79 Å². The number of nitrogens with one attached hydrogen (secondary N) is 1. The Morgan fingerprint density at radius 2 is 2.13 bits per heavy atom. The van der Waals surface area contributed by atoms with E-state index in [0.29, 0.717) is 6.54 Å². The van der Waals surface area contributed by atoms with Gasteiger partial charge >= 0.3 is 6.09 Å². The van der Waals surface area contributed by atoms with Crippen LogP contribution < -0.4 is 5.32 Å². The van der Waals surface area contributed by atoms with Gasteiger partial charge in [0.1, 0.15) is 6.10 Å². The van der Waals surface area contributed by atoms with E-state index in [1.165, 1.54) is 5.56 Å². The highest BCUT2D eigenvalue weighted by atomic mass is 79.9. The molecule has 1 saturated heterocycles. The van der Waals surface area contributed by atoms with Crippen LogP contribution in [0.2, 0.25) is 0 Å². The Hall–Kier alpha value is -1.03. The average molecular weight is 270 g/mol. The number of rotatable bonds is 3. The zero-order valence-corrected chi connectivity index (χ0v) is 9.79. The van der Waals surface area contributed by atoms with Crippen LogP contribution in [-0.4, -0.2) is 18.7 Å². The number of cyclic esters (lactones) is 1. The Morgan fingerprint density at radius 3 is 2.73 bits per heavy atom. The third-order valence-corrected chi connectivity index (χ3v) is 2.94. The van der Waals surface area contributed by atoms with Gasteiger partial charge in [-0.2, -0.15) is 0 Å². The van der Waals surface area contributed by atoms with Crippen molar-refractivity contribution in [2.45, 2.75) is 18.9 Å². The fraction of sp³-hybridized carbons (Fsp3) is 0.364. The van der Waals surface area contributed by atoms with Gasteiger partial charge in [0.15, 0.2) is 0 Å². The zero-order chi connectivity index (χ0) is 10.7. The standard InChI is InChI=1S/C11H12BrNO2/c12-9-4-1-8(2-5-9)3-6-10-7-13-11(14)15-10/h1-2,4-5,10H,3,6-7H2,(H,13,14). The number of benzene rings is 1. The Labute approximate surface area is 96.9 Å². The summed E-state index contributed by atoms with van der Waals surface area (Å²) in [7, 11) is 0. The topological polar surface area (TPSA) is 38.3 Å². The maximum atomic E-state index is 10.8. The molecule has 1 aliphatic rings. The van der Waals surface area contributed by atoms with Crippen LogP contribution in [0.1, 0.15) is 12.0 Å². The van der Waals surface area contributed by atoms with Gasteiger partial charge in [-0.3, -0.25) is 0 Å². The molecule has 0 spiro atoms. The van der Waals surface area contributed by atoms with Gasteiger partial charge < -0.3 is 10.1 Å². The van der Waals surface area contributed by atoms with Crippen molar-refractivity contribution in [3.8, 4) is 0 Å². The minimum absolute atomic E-state index is 0.0288. The van der Waals surface area contributed by atoms with E-state index in [-0.39, 0.29) is 12.2 Å². The number of amides is 1. The van der Waals surface area contributed by atoms with E-state index in [0.717, 1.165) is 17.3 Å². The molecule has 0 aliphatic carbocycles. The summed E-state index contributed by atoms with van der Waals surface area (Å²) in [4.78, 5) is 10.8. The van der Waals surface area contributed by atoms with Crippen LogP contribution in [0.3, 0.4) is 0 Å². The second-order valence-electron chi connectivity index (χ2n) is 3.57. The number of halogens is 1. The molecule has 1 aromatic rings. The Morgan fingerprint density at radius 1 is 1.40 bits per heavy atom. The first-order chi connectivity index (χ1) is 7.24.